The van der Waals surface area contributed by atoms with Crippen LogP contribution in [0.25, 0.3) is 5.69 Å². The molecule has 0 spiro atoms. The molecule has 5 aromatic rings. The standard InChI is InChI=1S/C39H41N7/c1-7-44(8-2)30-24-22-29(23-25-30)40-36-38-42-37-34(26(3)43-46(37)31-14-10-9-11-15-31)35(27-18-20-28(21-19-27)39(4,5)6)45(38)33-17-13-12-16-32(33)41-36/h9-25,35H,7-8H2,1-6H3,(H,40,41)/t35-/m0/s1. The lowest BCUT2D eigenvalue weighted by molar-refractivity contribution is 0.589. The van der Waals surface area contributed by atoms with Gasteiger partial charge in [-0.25, -0.2) is 14.7 Å². The smallest absolute Gasteiger partial charge is 0.179 e. The van der Waals surface area contributed by atoms with Gasteiger partial charge in [0.15, 0.2) is 17.5 Å². The molecule has 1 atom stereocenters. The van der Waals surface area contributed by atoms with Crippen molar-refractivity contribution in [1.82, 2.24) is 9.78 Å². The Morgan fingerprint density at radius 1 is 0.783 bits per heavy atom. The van der Waals surface area contributed by atoms with E-state index >= 15 is 0 Å². The summed E-state index contributed by atoms with van der Waals surface area (Å²) >= 11 is 0. The van der Waals surface area contributed by atoms with Crippen LogP contribution in [0.1, 0.15) is 63.0 Å². The number of aliphatic imine (C=N–C) groups is 2. The molecular weight excluding hydrogens is 566 g/mol. The van der Waals surface area contributed by atoms with Gasteiger partial charge in [0.1, 0.15) is 0 Å². The number of rotatable bonds is 6. The molecule has 46 heavy (non-hydrogen) atoms. The summed E-state index contributed by atoms with van der Waals surface area (Å²) in [4.78, 5) is 15.2. The Morgan fingerprint density at radius 2 is 1.46 bits per heavy atom. The van der Waals surface area contributed by atoms with Gasteiger partial charge < -0.3 is 15.1 Å². The van der Waals surface area contributed by atoms with Gasteiger partial charge in [0.2, 0.25) is 0 Å². The van der Waals surface area contributed by atoms with Crippen LogP contribution in [0.3, 0.4) is 0 Å². The van der Waals surface area contributed by atoms with Gasteiger partial charge in [-0.1, -0.05) is 75.4 Å². The van der Waals surface area contributed by atoms with Crippen LogP contribution in [0.4, 0.5) is 28.6 Å². The molecule has 0 radical (unpaired) electrons. The molecule has 0 bridgehead atoms. The summed E-state index contributed by atoms with van der Waals surface area (Å²) in [5.74, 6) is 2.29. The molecule has 1 N–H and O–H groups in total. The molecule has 7 nitrogen and oxygen atoms in total. The summed E-state index contributed by atoms with van der Waals surface area (Å²) in [6, 6.07) is 36.1. The minimum Gasteiger partial charge on any atom is -0.372 e. The van der Waals surface area contributed by atoms with E-state index in [-0.39, 0.29) is 11.5 Å². The maximum Gasteiger partial charge on any atom is 0.179 e. The minimum atomic E-state index is -0.160. The number of nitrogens with zero attached hydrogens (tertiary/aromatic N) is 6. The van der Waals surface area contributed by atoms with Crippen LogP contribution < -0.4 is 15.1 Å². The Balaban J connectivity index is 1.41. The fourth-order valence-electron chi connectivity index (χ4n) is 6.51. The highest BCUT2D eigenvalue weighted by Gasteiger charge is 2.41. The molecule has 0 fully saturated rings. The predicted molar refractivity (Wildman–Crippen MR) is 192 cm³/mol. The molecule has 0 amide bonds. The molecule has 7 heteroatoms. The molecule has 4 aromatic carbocycles. The molecule has 0 aliphatic carbocycles. The first-order valence-electron chi connectivity index (χ1n) is 16.2. The van der Waals surface area contributed by atoms with E-state index in [2.05, 4.69) is 136 Å². The van der Waals surface area contributed by atoms with E-state index < -0.39 is 0 Å². The second kappa shape index (κ2) is 11.6. The Hall–Kier alpha value is -5.17. The Bertz CT molecular complexity index is 1920. The minimum absolute atomic E-state index is 0.0549. The van der Waals surface area contributed by atoms with E-state index in [0.29, 0.717) is 5.84 Å². The summed E-state index contributed by atoms with van der Waals surface area (Å²) in [7, 11) is 0. The maximum absolute atomic E-state index is 5.39. The Labute approximate surface area is 271 Å². The van der Waals surface area contributed by atoms with Crippen LogP contribution in [0.5, 0.6) is 0 Å². The topological polar surface area (TPSA) is 61.0 Å². The summed E-state index contributed by atoms with van der Waals surface area (Å²) < 4.78 is 1.97. The number of anilines is 3. The zero-order chi connectivity index (χ0) is 32.0. The predicted octanol–water partition coefficient (Wildman–Crippen LogP) is 9.12. The van der Waals surface area contributed by atoms with Gasteiger partial charge in [0.05, 0.1) is 28.8 Å². The quantitative estimate of drug-likeness (QED) is 0.209. The highest BCUT2D eigenvalue weighted by molar-refractivity contribution is 6.51. The summed E-state index contributed by atoms with van der Waals surface area (Å²) in [5.41, 5.74) is 9.63. The third-order valence-electron chi connectivity index (χ3n) is 8.99. The lowest BCUT2D eigenvalue weighted by Crippen LogP contribution is -2.46. The average molecular weight is 608 g/mol. The normalized spacial score (nSPS) is 15.3. The Morgan fingerprint density at radius 3 is 2.13 bits per heavy atom. The first-order chi connectivity index (χ1) is 22.3. The molecule has 2 aliphatic heterocycles. The molecule has 2 aliphatic rings. The first-order valence-corrected chi connectivity index (χ1v) is 16.2. The number of aryl methyl sites for hydroxylation is 1. The molecular formula is C39H41N7. The number of amidine groups is 2. The van der Waals surface area contributed by atoms with E-state index in [9.17, 15) is 0 Å². The van der Waals surface area contributed by atoms with E-state index in [0.717, 1.165) is 58.7 Å². The highest BCUT2D eigenvalue weighted by atomic mass is 15.4. The lowest BCUT2D eigenvalue weighted by Gasteiger charge is -2.40. The third-order valence-corrected chi connectivity index (χ3v) is 8.99. The van der Waals surface area contributed by atoms with Crippen molar-refractivity contribution in [2.24, 2.45) is 9.98 Å². The Kier molecular flexibility index (Phi) is 7.47. The van der Waals surface area contributed by atoms with E-state index in [1.807, 2.05) is 28.9 Å². The van der Waals surface area contributed by atoms with Crippen LogP contribution >= 0.6 is 0 Å². The number of hydrogen-bond acceptors (Lipinski definition) is 6. The van der Waals surface area contributed by atoms with Gasteiger partial charge in [0.25, 0.3) is 0 Å². The van der Waals surface area contributed by atoms with Crippen LogP contribution in [0, 0.1) is 6.92 Å². The van der Waals surface area contributed by atoms with Gasteiger partial charge in [-0.3, -0.25) is 0 Å². The van der Waals surface area contributed by atoms with E-state index in [1.165, 1.54) is 16.8 Å². The summed E-state index contributed by atoms with van der Waals surface area (Å²) in [6.45, 7) is 15.2. The molecule has 0 saturated carbocycles. The van der Waals surface area contributed by atoms with Gasteiger partial charge >= 0.3 is 0 Å². The van der Waals surface area contributed by atoms with Crippen molar-refractivity contribution in [2.75, 3.05) is 28.2 Å². The lowest BCUT2D eigenvalue weighted by atomic mass is 9.85. The molecule has 232 valence electrons. The SMILES string of the molecule is CCN(CC)c1ccc(NC2=Nc3ccccc3N3C2=Nc2c(c(C)nn2-c2ccccc2)[C@@H]3c2ccc(C(C)(C)C)cc2)cc1. The molecule has 1 aromatic heterocycles. The zero-order valence-electron chi connectivity index (χ0n) is 27.5. The number of fused-ring (bicyclic) bond motifs is 4. The third kappa shape index (κ3) is 5.15. The second-order valence-corrected chi connectivity index (χ2v) is 12.9. The number of benzene rings is 4. The summed E-state index contributed by atoms with van der Waals surface area (Å²) in [6.07, 6.45) is 0. The van der Waals surface area contributed by atoms with Crippen LogP contribution in [0.2, 0.25) is 0 Å². The molecule has 3 heterocycles. The van der Waals surface area contributed by atoms with Gasteiger partial charge in [-0.15, -0.1) is 0 Å². The largest absolute Gasteiger partial charge is 0.372 e. The highest BCUT2D eigenvalue weighted by Crippen LogP contribution is 2.48. The monoisotopic (exact) mass is 607 g/mol. The fourth-order valence-corrected chi connectivity index (χ4v) is 6.51. The van der Waals surface area contributed by atoms with E-state index in [4.69, 9.17) is 15.1 Å². The number of nitrogens with one attached hydrogen (secondary N) is 1. The number of hydrogen-bond donors (Lipinski definition) is 1. The first kappa shape index (κ1) is 29.5. The summed E-state index contributed by atoms with van der Waals surface area (Å²) in [5, 5.41) is 8.73. The van der Waals surface area contributed by atoms with Crippen molar-refractivity contribution in [1.29, 1.82) is 0 Å². The van der Waals surface area contributed by atoms with Gasteiger partial charge in [-0.2, -0.15) is 5.10 Å². The van der Waals surface area contributed by atoms with Gasteiger partial charge in [0, 0.05) is 30.0 Å². The van der Waals surface area contributed by atoms with Crippen molar-refractivity contribution < 1.29 is 0 Å². The van der Waals surface area contributed by atoms with Crippen molar-refractivity contribution in [3.63, 3.8) is 0 Å². The van der Waals surface area contributed by atoms with Crippen molar-refractivity contribution in [2.45, 2.75) is 53.0 Å². The average Bonchev–Trinajstić information content (AvgIpc) is 3.41. The molecule has 7 rings (SSSR count). The van der Waals surface area contributed by atoms with E-state index in [1.54, 1.807) is 0 Å². The zero-order valence-corrected chi connectivity index (χ0v) is 27.5. The van der Waals surface area contributed by atoms with Crippen LogP contribution in [0.15, 0.2) is 113 Å². The number of aromatic nitrogens is 2. The van der Waals surface area contributed by atoms with Crippen LogP contribution in [-0.2, 0) is 5.41 Å². The second-order valence-electron chi connectivity index (χ2n) is 12.9. The molecule has 0 saturated heterocycles. The van der Waals surface area contributed by atoms with Crippen molar-refractivity contribution in [3.05, 3.63) is 126 Å². The fraction of sp³-hybridized carbons (Fsp3) is 0.256. The molecule has 0 unspecified atom stereocenters. The van der Waals surface area contributed by atoms with Crippen molar-refractivity contribution in [3.8, 4) is 5.69 Å². The number of para-hydroxylation sites is 3. The maximum atomic E-state index is 5.39. The van der Waals surface area contributed by atoms with Gasteiger partial charge in [-0.05, 0) is 85.8 Å². The van der Waals surface area contributed by atoms with Crippen molar-refractivity contribution >= 4 is 40.2 Å². The van der Waals surface area contributed by atoms with Crippen LogP contribution in [-0.4, -0.2) is 34.5 Å².